The van der Waals surface area contributed by atoms with E-state index in [0.29, 0.717) is 23.8 Å². The molecule has 29 heavy (non-hydrogen) atoms. The van der Waals surface area contributed by atoms with Crippen molar-refractivity contribution in [3.63, 3.8) is 0 Å². The van der Waals surface area contributed by atoms with Crippen LogP contribution in [0.5, 0.6) is 11.5 Å². The lowest BCUT2D eigenvalue weighted by Crippen LogP contribution is -2.37. The summed E-state index contributed by atoms with van der Waals surface area (Å²) in [5.74, 6) is 2.42. The fourth-order valence-electron chi connectivity index (χ4n) is 4.37. The Kier molecular flexibility index (Phi) is 4.47. The highest BCUT2D eigenvalue weighted by atomic mass is 16.7. The third-order valence-electron chi connectivity index (χ3n) is 5.90. The van der Waals surface area contributed by atoms with Crippen molar-refractivity contribution in [1.29, 1.82) is 5.26 Å². The molecule has 3 heterocycles. The van der Waals surface area contributed by atoms with Gasteiger partial charge in [0.05, 0.1) is 11.8 Å². The molecule has 0 atom stereocenters. The molecule has 1 aliphatic heterocycles. The van der Waals surface area contributed by atoms with Crippen molar-refractivity contribution < 1.29 is 9.47 Å². The lowest BCUT2D eigenvalue weighted by molar-refractivity contribution is 0.174. The van der Waals surface area contributed by atoms with Crippen LogP contribution in [0.2, 0.25) is 0 Å². The largest absolute Gasteiger partial charge is 0.454 e. The van der Waals surface area contributed by atoms with Gasteiger partial charge in [0, 0.05) is 25.7 Å². The molecule has 1 aliphatic carbocycles. The standard InChI is InChI=1S/C22H23N5O2/c1-26-13-24-22-17(11-23)25-21(10-18(22)26)27(16-5-3-2-4-6-16)12-15-7-8-19-20(9-15)29-14-28-19/h7-10,13,16H,2-6,12,14H2,1H3. The second-order valence-corrected chi connectivity index (χ2v) is 7.77. The van der Waals surface area contributed by atoms with Gasteiger partial charge in [-0.3, -0.25) is 0 Å². The van der Waals surface area contributed by atoms with Crippen molar-refractivity contribution in [1.82, 2.24) is 14.5 Å². The van der Waals surface area contributed by atoms with E-state index in [-0.39, 0.29) is 6.79 Å². The van der Waals surface area contributed by atoms with E-state index in [1.54, 1.807) is 6.33 Å². The average molecular weight is 389 g/mol. The summed E-state index contributed by atoms with van der Waals surface area (Å²) in [5.41, 5.74) is 3.11. The van der Waals surface area contributed by atoms with Gasteiger partial charge in [-0.05, 0) is 30.5 Å². The minimum absolute atomic E-state index is 0.273. The molecular weight excluding hydrogens is 366 g/mol. The fourth-order valence-corrected chi connectivity index (χ4v) is 4.37. The molecule has 7 nitrogen and oxygen atoms in total. The number of anilines is 1. The SMILES string of the molecule is Cn1cnc2c(C#N)nc(N(Cc3ccc4c(c3)OCO4)C3CCCCC3)cc21. The highest BCUT2D eigenvalue weighted by Gasteiger charge is 2.25. The van der Waals surface area contributed by atoms with E-state index in [9.17, 15) is 5.26 Å². The van der Waals surface area contributed by atoms with Crippen LogP contribution in [0.3, 0.4) is 0 Å². The topological polar surface area (TPSA) is 76.2 Å². The van der Waals surface area contributed by atoms with Gasteiger partial charge in [-0.15, -0.1) is 0 Å². The second kappa shape index (κ2) is 7.28. The first-order chi connectivity index (χ1) is 14.2. The van der Waals surface area contributed by atoms with Gasteiger partial charge in [-0.2, -0.15) is 5.26 Å². The van der Waals surface area contributed by atoms with Crippen molar-refractivity contribution in [3.8, 4) is 17.6 Å². The van der Waals surface area contributed by atoms with Gasteiger partial charge in [0.25, 0.3) is 0 Å². The first-order valence-corrected chi connectivity index (χ1v) is 10.1. The van der Waals surface area contributed by atoms with Gasteiger partial charge in [0.15, 0.2) is 17.2 Å². The molecular formula is C22H23N5O2. The quantitative estimate of drug-likeness (QED) is 0.673. The molecule has 0 unspecified atom stereocenters. The first kappa shape index (κ1) is 17.8. The zero-order valence-corrected chi connectivity index (χ0v) is 16.5. The van der Waals surface area contributed by atoms with Gasteiger partial charge >= 0.3 is 0 Å². The zero-order valence-electron chi connectivity index (χ0n) is 16.5. The van der Waals surface area contributed by atoms with Crippen LogP contribution >= 0.6 is 0 Å². The number of nitriles is 1. The molecule has 0 N–H and O–H groups in total. The van der Waals surface area contributed by atoms with Crippen LogP contribution in [0.15, 0.2) is 30.6 Å². The van der Waals surface area contributed by atoms with Gasteiger partial charge in [0.2, 0.25) is 6.79 Å². The lowest BCUT2D eigenvalue weighted by Gasteiger charge is -2.35. The number of pyridine rings is 1. The van der Waals surface area contributed by atoms with E-state index < -0.39 is 0 Å². The summed E-state index contributed by atoms with van der Waals surface area (Å²) in [6.45, 7) is 0.984. The van der Waals surface area contributed by atoms with Crippen molar-refractivity contribution in [3.05, 3.63) is 41.9 Å². The van der Waals surface area contributed by atoms with Crippen LogP contribution in [-0.4, -0.2) is 27.4 Å². The van der Waals surface area contributed by atoms with Crippen molar-refractivity contribution in [2.24, 2.45) is 7.05 Å². The maximum Gasteiger partial charge on any atom is 0.231 e. The number of aromatic nitrogens is 3. The van der Waals surface area contributed by atoms with E-state index >= 15 is 0 Å². The number of nitrogens with zero attached hydrogens (tertiary/aromatic N) is 5. The summed E-state index contributed by atoms with van der Waals surface area (Å²) in [4.78, 5) is 11.4. The molecule has 148 valence electrons. The fraction of sp³-hybridized carbons (Fsp3) is 0.409. The Hall–Kier alpha value is -3.27. The van der Waals surface area contributed by atoms with Crippen LogP contribution in [0, 0.1) is 11.3 Å². The van der Waals surface area contributed by atoms with E-state index in [0.717, 1.165) is 41.2 Å². The summed E-state index contributed by atoms with van der Waals surface area (Å²) >= 11 is 0. The number of imidazole rings is 1. The smallest absolute Gasteiger partial charge is 0.231 e. The summed E-state index contributed by atoms with van der Waals surface area (Å²) in [7, 11) is 1.95. The van der Waals surface area contributed by atoms with Gasteiger partial charge < -0.3 is 18.9 Å². The van der Waals surface area contributed by atoms with Crippen LogP contribution in [0.1, 0.15) is 43.4 Å². The number of rotatable bonds is 4. The maximum absolute atomic E-state index is 9.65. The minimum Gasteiger partial charge on any atom is -0.454 e. The van der Waals surface area contributed by atoms with Gasteiger partial charge in [0.1, 0.15) is 17.4 Å². The lowest BCUT2D eigenvalue weighted by atomic mass is 9.93. The molecule has 0 spiro atoms. The molecule has 1 fully saturated rings. The second-order valence-electron chi connectivity index (χ2n) is 7.77. The van der Waals surface area contributed by atoms with Crippen LogP contribution in [0.25, 0.3) is 11.0 Å². The number of ether oxygens (including phenoxy) is 2. The first-order valence-electron chi connectivity index (χ1n) is 10.1. The van der Waals surface area contributed by atoms with E-state index in [4.69, 9.17) is 14.5 Å². The summed E-state index contributed by atoms with van der Waals surface area (Å²) < 4.78 is 13.0. The number of benzene rings is 1. The van der Waals surface area contributed by atoms with Gasteiger partial charge in [-0.25, -0.2) is 9.97 Å². The average Bonchev–Trinajstić information content (AvgIpc) is 3.38. The minimum atomic E-state index is 0.273. The Balaban J connectivity index is 1.56. The summed E-state index contributed by atoms with van der Waals surface area (Å²) in [6.07, 6.45) is 7.74. The van der Waals surface area contributed by atoms with E-state index in [1.165, 1.54) is 19.3 Å². The van der Waals surface area contributed by atoms with E-state index in [2.05, 4.69) is 28.1 Å². The monoisotopic (exact) mass is 389 g/mol. The maximum atomic E-state index is 9.65. The number of fused-ring (bicyclic) bond motifs is 2. The number of hydrogen-bond donors (Lipinski definition) is 0. The molecule has 1 saturated carbocycles. The van der Waals surface area contributed by atoms with Crippen LogP contribution in [-0.2, 0) is 13.6 Å². The van der Waals surface area contributed by atoms with Crippen molar-refractivity contribution in [2.45, 2.75) is 44.7 Å². The van der Waals surface area contributed by atoms with Gasteiger partial charge in [-0.1, -0.05) is 25.3 Å². The Morgan fingerprint density at radius 3 is 2.83 bits per heavy atom. The third-order valence-corrected chi connectivity index (χ3v) is 5.90. The van der Waals surface area contributed by atoms with Crippen LogP contribution < -0.4 is 14.4 Å². The Labute approximate surface area is 169 Å². The molecule has 5 rings (SSSR count). The molecule has 7 heteroatoms. The predicted octanol–water partition coefficient (Wildman–Crippen LogP) is 3.91. The zero-order chi connectivity index (χ0) is 19.8. The number of hydrogen-bond acceptors (Lipinski definition) is 6. The Morgan fingerprint density at radius 1 is 1.17 bits per heavy atom. The van der Waals surface area contributed by atoms with Crippen LogP contribution in [0.4, 0.5) is 5.82 Å². The molecule has 2 aliphatic rings. The molecule has 1 aromatic carbocycles. The van der Waals surface area contributed by atoms with E-state index in [1.807, 2.05) is 23.7 Å². The predicted molar refractivity (Wildman–Crippen MR) is 109 cm³/mol. The highest BCUT2D eigenvalue weighted by Crippen LogP contribution is 2.35. The summed E-state index contributed by atoms with van der Waals surface area (Å²) in [5, 5.41) is 9.65. The Morgan fingerprint density at radius 2 is 2.00 bits per heavy atom. The number of aryl methyl sites for hydroxylation is 1. The van der Waals surface area contributed by atoms with Crippen molar-refractivity contribution in [2.75, 3.05) is 11.7 Å². The highest BCUT2D eigenvalue weighted by molar-refractivity contribution is 5.82. The molecule has 2 aromatic heterocycles. The molecule has 0 bridgehead atoms. The normalized spacial score (nSPS) is 16.1. The molecule has 3 aromatic rings. The molecule has 0 amide bonds. The summed E-state index contributed by atoms with van der Waals surface area (Å²) in [6, 6.07) is 10.8. The Bertz CT molecular complexity index is 1090. The van der Waals surface area contributed by atoms with Crippen molar-refractivity contribution >= 4 is 16.9 Å². The molecule has 0 radical (unpaired) electrons. The third kappa shape index (κ3) is 3.25. The molecule has 0 saturated heterocycles.